The Morgan fingerprint density at radius 1 is 1.00 bits per heavy atom. The predicted molar refractivity (Wildman–Crippen MR) is 78.2 cm³/mol. The standard InChI is InChI=1S/C9H13P.C4H11NO3/c1-6-4-7(2)9(10)8(3)5-6;5-4(1-6,2-7)3-8/h4-5H,10H2,1-3H3;6-8H,1-3,5H2. The maximum atomic E-state index is 8.34. The Bertz CT molecular complexity index is 347. The topological polar surface area (TPSA) is 86.7 Å². The molecule has 0 aliphatic rings. The molecule has 5 heteroatoms. The van der Waals surface area contributed by atoms with Gasteiger partial charge in [0.15, 0.2) is 0 Å². The summed E-state index contributed by atoms with van der Waals surface area (Å²) < 4.78 is 0. The SMILES string of the molecule is Cc1cc(C)c(P)c(C)c1.NC(CO)(CO)CO. The van der Waals surface area contributed by atoms with Gasteiger partial charge in [0.05, 0.1) is 25.4 Å². The molecule has 1 aromatic rings. The monoisotopic (exact) mass is 273 g/mol. The van der Waals surface area contributed by atoms with Crippen molar-refractivity contribution in [1.29, 1.82) is 0 Å². The fourth-order valence-corrected chi connectivity index (χ4v) is 1.51. The van der Waals surface area contributed by atoms with Crippen LogP contribution >= 0.6 is 9.24 Å². The molecule has 0 radical (unpaired) electrons. The minimum Gasteiger partial charge on any atom is -0.394 e. The first-order valence-corrected chi connectivity index (χ1v) is 6.32. The summed E-state index contributed by atoms with van der Waals surface area (Å²) >= 11 is 0. The van der Waals surface area contributed by atoms with Gasteiger partial charge in [-0.05, 0) is 37.2 Å². The normalized spacial score (nSPS) is 10.9. The smallest absolute Gasteiger partial charge is 0.0856 e. The summed E-state index contributed by atoms with van der Waals surface area (Å²) in [7, 11) is 2.77. The van der Waals surface area contributed by atoms with Crippen LogP contribution in [0.2, 0.25) is 0 Å². The molecule has 0 saturated carbocycles. The molecule has 1 atom stereocenters. The molecule has 18 heavy (non-hydrogen) atoms. The van der Waals surface area contributed by atoms with Crippen molar-refractivity contribution >= 4 is 14.5 Å². The van der Waals surface area contributed by atoms with Crippen molar-refractivity contribution < 1.29 is 15.3 Å². The zero-order valence-electron chi connectivity index (χ0n) is 11.3. The average molecular weight is 273 g/mol. The highest BCUT2D eigenvalue weighted by Gasteiger charge is 2.20. The van der Waals surface area contributed by atoms with E-state index in [1.807, 2.05) is 0 Å². The molecule has 0 fully saturated rings. The Kier molecular flexibility index (Phi) is 7.60. The van der Waals surface area contributed by atoms with E-state index < -0.39 is 25.4 Å². The van der Waals surface area contributed by atoms with E-state index in [1.165, 1.54) is 22.0 Å². The molecule has 1 rings (SSSR count). The summed E-state index contributed by atoms with van der Waals surface area (Å²) in [6, 6.07) is 4.41. The number of hydrogen-bond acceptors (Lipinski definition) is 4. The minimum atomic E-state index is -1.21. The molecule has 4 nitrogen and oxygen atoms in total. The Hall–Kier alpha value is -0.510. The lowest BCUT2D eigenvalue weighted by atomic mass is 10.1. The third-order valence-electron chi connectivity index (χ3n) is 2.68. The van der Waals surface area contributed by atoms with Crippen LogP contribution in [-0.2, 0) is 0 Å². The number of hydrogen-bond donors (Lipinski definition) is 4. The molecule has 5 N–H and O–H groups in total. The number of aliphatic hydroxyl groups excluding tert-OH is 3. The highest BCUT2D eigenvalue weighted by atomic mass is 31.0. The van der Waals surface area contributed by atoms with E-state index in [2.05, 4.69) is 42.1 Å². The van der Waals surface area contributed by atoms with Gasteiger partial charge in [-0.3, -0.25) is 0 Å². The third-order valence-corrected chi connectivity index (χ3v) is 3.59. The average Bonchev–Trinajstić information content (AvgIpc) is 2.35. The molecule has 1 unspecified atom stereocenters. The second-order valence-corrected chi connectivity index (χ2v) is 5.23. The Morgan fingerprint density at radius 3 is 1.56 bits per heavy atom. The fraction of sp³-hybridized carbons (Fsp3) is 0.538. The van der Waals surface area contributed by atoms with Crippen molar-refractivity contribution in [2.75, 3.05) is 19.8 Å². The number of benzene rings is 1. The highest BCUT2D eigenvalue weighted by Crippen LogP contribution is 2.08. The van der Waals surface area contributed by atoms with Gasteiger partial charge in [-0.25, -0.2) is 0 Å². The Balaban J connectivity index is 0.000000331. The lowest BCUT2D eigenvalue weighted by Crippen LogP contribution is -2.50. The molecule has 0 spiro atoms. The van der Waals surface area contributed by atoms with Crippen molar-refractivity contribution in [3.63, 3.8) is 0 Å². The Morgan fingerprint density at radius 2 is 1.33 bits per heavy atom. The number of aryl methyl sites for hydroxylation is 3. The second-order valence-electron chi connectivity index (χ2n) is 4.65. The van der Waals surface area contributed by atoms with Gasteiger partial charge in [-0.15, -0.1) is 9.24 Å². The first kappa shape index (κ1) is 17.5. The minimum absolute atomic E-state index is 0.403. The molecular weight excluding hydrogens is 249 g/mol. The quantitative estimate of drug-likeness (QED) is 0.573. The van der Waals surface area contributed by atoms with Crippen LogP contribution in [0, 0.1) is 20.8 Å². The van der Waals surface area contributed by atoms with Gasteiger partial charge in [-0.1, -0.05) is 17.7 Å². The summed E-state index contributed by atoms with van der Waals surface area (Å²) in [4.78, 5) is 0. The van der Waals surface area contributed by atoms with Crippen LogP contribution in [-0.4, -0.2) is 40.7 Å². The molecule has 0 heterocycles. The van der Waals surface area contributed by atoms with Crippen LogP contribution in [0.1, 0.15) is 16.7 Å². The van der Waals surface area contributed by atoms with E-state index in [4.69, 9.17) is 21.1 Å². The molecule has 0 aromatic heterocycles. The summed E-state index contributed by atoms with van der Waals surface area (Å²) in [6.45, 7) is 5.20. The second kappa shape index (κ2) is 7.82. The zero-order valence-corrected chi connectivity index (χ0v) is 12.4. The molecule has 0 saturated heterocycles. The highest BCUT2D eigenvalue weighted by molar-refractivity contribution is 7.27. The number of rotatable bonds is 3. The largest absolute Gasteiger partial charge is 0.394 e. The lowest BCUT2D eigenvalue weighted by Gasteiger charge is -2.20. The maximum Gasteiger partial charge on any atom is 0.0856 e. The van der Waals surface area contributed by atoms with Gasteiger partial charge < -0.3 is 21.1 Å². The van der Waals surface area contributed by atoms with Crippen LogP contribution in [0.3, 0.4) is 0 Å². The van der Waals surface area contributed by atoms with Crippen LogP contribution in [0.4, 0.5) is 0 Å². The summed E-state index contributed by atoms with van der Waals surface area (Å²) in [5, 5.41) is 26.4. The van der Waals surface area contributed by atoms with Crippen molar-refractivity contribution in [3.8, 4) is 0 Å². The van der Waals surface area contributed by atoms with Crippen molar-refractivity contribution in [2.45, 2.75) is 26.3 Å². The van der Waals surface area contributed by atoms with Crippen LogP contribution in [0.5, 0.6) is 0 Å². The van der Waals surface area contributed by atoms with Gasteiger partial charge in [0.25, 0.3) is 0 Å². The first-order valence-electron chi connectivity index (χ1n) is 5.74. The molecule has 0 aliphatic heterocycles. The van der Waals surface area contributed by atoms with E-state index >= 15 is 0 Å². The summed E-state index contributed by atoms with van der Waals surface area (Å²) in [6.07, 6.45) is 0. The lowest BCUT2D eigenvalue weighted by molar-refractivity contribution is 0.0698. The molecule has 0 bridgehead atoms. The van der Waals surface area contributed by atoms with Gasteiger partial charge in [0, 0.05) is 0 Å². The van der Waals surface area contributed by atoms with Gasteiger partial charge in [-0.2, -0.15) is 0 Å². The molecule has 104 valence electrons. The van der Waals surface area contributed by atoms with Crippen molar-refractivity contribution in [1.82, 2.24) is 0 Å². The molecule has 1 aromatic carbocycles. The maximum absolute atomic E-state index is 8.34. The molecule has 0 aliphatic carbocycles. The van der Waals surface area contributed by atoms with Gasteiger partial charge in [0.2, 0.25) is 0 Å². The summed E-state index contributed by atoms with van der Waals surface area (Å²) in [5.74, 6) is 0. The first-order chi connectivity index (χ1) is 8.29. The summed E-state index contributed by atoms with van der Waals surface area (Å²) in [5.41, 5.74) is 8.01. The van der Waals surface area contributed by atoms with Gasteiger partial charge >= 0.3 is 0 Å². The molecule has 0 amide bonds. The van der Waals surface area contributed by atoms with E-state index in [-0.39, 0.29) is 0 Å². The van der Waals surface area contributed by atoms with E-state index in [9.17, 15) is 0 Å². The predicted octanol–water partition coefficient (Wildman–Crippen LogP) is -0.227. The number of nitrogens with two attached hydrogens (primary N) is 1. The molecular formula is C13H24NO3P. The van der Waals surface area contributed by atoms with Crippen LogP contribution < -0.4 is 11.0 Å². The zero-order chi connectivity index (χ0) is 14.3. The number of aliphatic hydroxyl groups is 3. The van der Waals surface area contributed by atoms with Crippen LogP contribution in [0.15, 0.2) is 12.1 Å². The van der Waals surface area contributed by atoms with Crippen LogP contribution in [0.25, 0.3) is 0 Å². The van der Waals surface area contributed by atoms with Crippen molar-refractivity contribution in [2.24, 2.45) is 5.73 Å². The van der Waals surface area contributed by atoms with E-state index in [0.29, 0.717) is 0 Å². The van der Waals surface area contributed by atoms with E-state index in [1.54, 1.807) is 0 Å². The van der Waals surface area contributed by atoms with E-state index in [0.717, 1.165) is 0 Å². The third kappa shape index (κ3) is 5.42. The Labute approximate surface area is 111 Å². The fourth-order valence-electron chi connectivity index (χ4n) is 1.34. The van der Waals surface area contributed by atoms with Crippen molar-refractivity contribution in [3.05, 3.63) is 28.8 Å². The van der Waals surface area contributed by atoms with Gasteiger partial charge in [0.1, 0.15) is 0 Å².